The maximum atomic E-state index is 6.19. The molecule has 0 amide bonds. The van der Waals surface area contributed by atoms with Gasteiger partial charge in [0.15, 0.2) is 0 Å². The SMILES string of the molecule is COc1cc(C)c(Cl)cc1C(C)C(C)CCN. The fraction of sp³-hybridized carbons (Fsp3) is 0.571. The Balaban J connectivity index is 3.07. The number of methoxy groups -OCH3 is 1. The Bertz CT molecular complexity index is 379. The molecule has 0 aliphatic rings. The van der Waals surface area contributed by atoms with E-state index in [9.17, 15) is 0 Å². The van der Waals surface area contributed by atoms with E-state index < -0.39 is 0 Å². The lowest BCUT2D eigenvalue weighted by molar-refractivity contribution is 0.390. The molecule has 96 valence electrons. The highest BCUT2D eigenvalue weighted by atomic mass is 35.5. The first kappa shape index (κ1) is 14.3. The van der Waals surface area contributed by atoms with Crippen LogP contribution in [0.1, 0.15) is 37.3 Å². The summed E-state index contributed by atoms with van der Waals surface area (Å²) in [6.07, 6.45) is 1.01. The lowest BCUT2D eigenvalue weighted by Crippen LogP contribution is -2.13. The van der Waals surface area contributed by atoms with E-state index >= 15 is 0 Å². The molecule has 0 bridgehead atoms. The van der Waals surface area contributed by atoms with Crippen molar-refractivity contribution in [2.45, 2.75) is 33.1 Å². The van der Waals surface area contributed by atoms with Crippen LogP contribution in [0.2, 0.25) is 5.02 Å². The minimum absolute atomic E-state index is 0.395. The molecule has 1 aromatic carbocycles. The highest BCUT2D eigenvalue weighted by Gasteiger charge is 2.18. The molecule has 0 saturated carbocycles. The molecule has 0 aromatic heterocycles. The highest BCUT2D eigenvalue weighted by Crippen LogP contribution is 2.36. The normalized spacial score (nSPS) is 14.5. The zero-order valence-corrected chi connectivity index (χ0v) is 11.8. The van der Waals surface area contributed by atoms with Crippen LogP contribution < -0.4 is 10.5 Å². The van der Waals surface area contributed by atoms with E-state index in [2.05, 4.69) is 13.8 Å². The van der Waals surface area contributed by atoms with E-state index in [1.165, 1.54) is 5.56 Å². The number of aryl methyl sites for hydroxylation is 1. The van der Waals surface area contributed by atoms with Gasteiger partial charge in [0.2, 0.25) is 0 Å². The van der Waals surface area contributed by atoms with Gasteiger partial charge in [0.25, 0.3) is 0 Å². The number of halogens is 1. The summed E-state index contributed by atoms with van der Waals surface area (Å²) in [5.41, 5.74) is 7.83. The fourth-order valence-corrected chi connectivity index (χ4v) is 2.19. The molecule has 0 aliphatic heterocycles. The first-order valence-electron chi connectivity index (χ1n) is 6.05. The average Bonchev–Trinajstić information content (AvgIpc) is 2.31. The van der Waals surface area contributed by atoms with Crippen LogP contribution in [0.25, 0.3) is 0 Å². The molecular formula is C14H22ClNO. The van der Waals surface area contributed by atoms with E-state index in [-0.39, 0.29) is 0 Å². The number of hydrogen-bond donors (Lipinski definition) is 1. The molecule has 0 fully saturated rings. The summed E-state index contributed by atoms with van der Waals surface area (Å²) in [4.78, 5) is 0. The summed E-state index contributed by atoms with van der Waals surface area (Å²) in [5.74, 6) is 1.84. The standard InChI is InChI=1S/C14H22ClNO/c1-9(5-6-16)11(3)12-8-13(15)10(2)7-14(12)17-4/h7-9,11H,5-6,16H2,1-4H3. The Morgan fingerprint density at radius 2 is 2.00 bits per heavy atom. The lowest BCUT2D eigenvalue weighted by Gasteiger charge is -2.22. The van der Waals surface area contributed by atoms with Gasteiger partial charge in [-0.05, 0) is 55.0 Å². The van der Waals surface area contributed by atoms with Crippen LogP contribution in [0.4, 0.5) is 0 Å². The molecule has 0 radical (unpaired) electrons. The third-order valence-electron chi connectivity index (χ3n) is 3.48. The van der Waals surface area contributed by atoms with Gasteiger partial charge in [-0.2, -0.15) is 0 Å². The number of ether oxygens (including phenoxy) is 1. The van der Waals surface area contributed by atoms with Gasteiger partial charge in [0.1, 0.15) is 5.75 Å². The molecule has 2 nitrogen and oxygen atoms in total. The topological polar surface area (TPSA) is 35.2 Å². The van der Waals surface area contributed by atoms with Gasteiger partial charge in [0.05, 0.1) is 7.11 Å². The van der Waals surface area contributed by atoms with E-state index in [1.807, 2.05) is 19.1 Å². The van der Waals surface area contributed by atoms with Crippen molar-refractivity contribution < 1.29 is 4.74 Å². The molecule has 0 heterocycles. The van der Waals surface area contributed by atoms with Crippen molar-refractivity contribution in [2.24, 2.45) is 11.7 Å². The van der Waals surface area contributed by atoms with Gasteiger partial charge < -0.3 is 10.5 Å². The third-order valence-corrected chi connectivity index (χ3v) is 3.88. The molecule has 1 rings (SSSR count). The van der Waals surface area contributed by atoms with Crippen molar-refractivity contribution in [3.63, 3.8) is 0 Å². The monoisotopic (exact) mass is 255 g/mol. The average molecular weight is 256 g/mol. The minimum atomic E-state index is 0.395. The Kier molecular flexibility index (Phi) is 5.29. The Hall–Kier alpha value is -0.730. The summed E-state index contributed by atoms with van der Waals surface area (Å²) in [7, 11) is 1.70. The van der Waals surface area contributed by atoms with Gasteiger partial charge in [-0.25, -0.2) is 0 Å². The second-order valence-corrected chi connectivity index (χ2v) is 5.09. The number of benzene rings is 1. The van der Waals surface area contributed by atoms with Crippen LogP contribution in [0.3, 0.4) is 0 Å². The smallest absolute Gasteiger partial charge is 0.122 e. The van der Waals surface area contributed by atoms with Gasteiger partial charge in [-0.3, -0.25) is 0 Å². The van der Waals surface area contributed by atoms with Crippen molar-refractivity contribution in [3.05, 3.63) is 28.3 Å². The summed E-state index contributed by atoms with van der Waals surface area (Å²) in [6.45, 7) is 7.12. The van der Waals surface area contributed by atoms with Crippen LogP contribution in [-0.2, 0) is 0 Å². The predicted molar refractivity (Wildman–Crippen MR) is 74.0 cm³/mol. The molecule has 2 unspecified atom stereocenters. The van der Waals surface area contributed by atoms with Gasteiger partial charge >= 0.3 is 0 Å². The molecule has 3 heteroatoms. The first-order valence-corrected chi connectivity index (χ1v) is 6.43. The van der Waals surface area contributed by atoms with Crippen LogP contribution in [0.5, 0.6) is 5.75 Å². The number of nitrogens with two attached hydrogens (primary N) is 1. The van der Waals surface area contributed by atoms with Crippen molar-refractivity contribution in [1.82, 2.24) is 0 Å². The molecule has 2 N–H and O–H groups in total. The van der Waals surface area contributed by atoms with Gasteiger partial charge in [-0.1, -0.05) is 25.4 Å². The summed E-state index contributed by atoms with van der Waals surface area (Å²) in [5, 5.41) is 0.799. The summed E-state index contributed by atoms with van der Waals surface area (Å²) < 4.78 is 5.44. The second kappa shape index (κ2) is 6.27. The van der Waals surface area contributed by atoms with Gasteiger partial charge in [0, 0.05) is 5.02 Å². The predicted octanol–water partition coefficient (Wildman–Crippen LogP) is 3.75. The molecule has 1 aromatic rings. The van der Waals surface area contributed by atoms with Crippen molar-refractivity contribution in [3.8, 4) is 5.75 Å². The molecule has 2 atom stereocenters. The lowest BCUT2D eigenvalue weighted by atomic mass is 9.86. The molecular weight excluding hydrogens is 234 g/mol. The second-order valence-electron chi connectivity index (χ2n) is 4.69. The molecule has 17 heavy (non-hydrogen) atoms. The van der Waals surface area contributed by atoms with Crippen LogP contribution >= 0.6 is 11.6 Å². The maximum Gasteiger partial charge on any atom is 0.122 e. The summed E-state index contributed by atoms with van der Waals surface area (Å²) in [6, 6.07) is 4.02. The Morgan fingerprint density at radius 3 is 2.53 bits per heavy atom. The third kappa shape index (κ3) is 3.36. The zero-order chi connectivity index (χ0) is 13.0. The van der Waals surface area contributed by atoms with E-state index in [0.717, 1.165) is 22.8 Å². The number of hydrogen-bond acceptors (Lipinski definition) is 2. The number of rotatable bonds is 5. The van der Waals surface area contributed by atoms with E-state index in [1.54, 1.807) is 7.11 Å². The molecule has 0 spiro atoms. The van der Waals surface area contributed by atoms with E-state index in [4.69, 9.17) is 22.1 Å². The van der Waals surface area contributed by atoms with Gasteiger partial charge in [-0.15, -0.1) is 0 Å². The quantitative estimate of drug-likeness (QED) is 0.870. The van der Waals surface area contributed by atoms with Crippen LogP contribution in [0, 0.1) is 12.8 Å². The van der Waals surface area contributed by atoms with Crippen LogP contribution in [0.15, 0.2) is 12.1 Å². The molecule has 0 aliphatic carbocycles. The van der Waals surface area contributed by atoms with Crippen molar-refractivity contribution in [1.29, 1.82) is 0 Å². The maximum absolute atomic E-state index is 6.19. The highest BCUT2D eigenvalue weighted by molar-refractivity contribution is 6.31. The fourth-order valence-electron chi connectivity index (χ4n) is 2.02. The summed E-state index contributed by atoms with van der Waals surface area (Å²) >= 11 is 6.19. The molecule has 0 saturated heterocycles. The Morgan fingerprint density at radius 1 is 1.35 bits per heavy atom. The van der Waals surface area contributed by atoms with E-state index in [0.29, 0.717) is 18.4 Å². The zero-order valence-electron chi connectivity index (χ0n) is 11.1. The van der Waals surface area contributed by atoms with Crippen molar-refractivity contribution in [2.75, 3.05) is 13.7 Å². The largest absolute Gasteiger partial charge is 0.496 e. The Labute approximate surface area is 109 Å². The minimum Gasteiger partial charge on any atom is -0.496 e. The first-order chi connectivity index (χ1) is 8.01. The van der Waals surface area contributed by atoms with Crippen molar-refractivity contribution >= 4 is 11.6 Å². The van der Waals surface area contributed by atoms with Crippen LogP contribution in [-0.4, -0.2) is 13.7 Å².